The van der Waals surface area contributed by atoms with Gasteiger partial charge in [0.25, 0.3) is 0 Å². The molecule has 0 aromatic rings. The average Bonchev–Trinajstić information content (AvgIpc) is 1.98. The number of aliphatic carboxylic acids is 1. The minimum Gasteiger partial charge on any atom is -0.480 e. The van der Waals surface area contributed by atoms with Gasteiger partial charge < -0.3 is 15.3 Å². The second-order valence-electron chi connectivity index (χ2n) is 2.42. The molecule has 0 fully saturated rings. The Hall–Kier alpha value is -0.910. The van der Waals surface area contributed by atoms with Crippen LogP contribution in [0.15, 0.2) is 0 Å². The van der Waals surface area contributed by atoms with Crippen LogP contribution in [0.25, 0.3) is 0 Å². The monoisotopic (exact) mass is 192 g/mol. The highest BCUT2D eigenvalue weighted by Gasteiger charge is 2.18. The van der Waals surface area contributed by atoms with Crippen molar-refractivity contribution in [3.05, 3.63) is 0 Å². The van der Waals surface area contributed by atoms with Gasteiger partial charge in [0.15, 0.2) is 0 Å². The zero-order valence-corrected chi connectivity index (χ0v) is 7.84. The number of carbonyl (C=O) groups is 2. The Morgan fingerprint density at radius 2 is 2.08 bits per heavy atom. The molecule has 0 aliphatic rings. The first-order valence-electron chi connectivity index (χ1n) is 3.30. The lowest BCUT2D eigenvalue weighted by Gasteiger charge is -2.16. The van der Waals surface area contributed by atoms with Crippen LogP contribution >= 0.6 is 12.6 Å². The van der Waals surface area contributed by atoms with Gasteiger partial charge in [0.1, 0.15) is 6.04 Å². The number of hydrogen-bond donors (Lipinski definition) is 3. The lowest BCUT2D eigenvalue weighted by atomic mass is 10.3. The molecule has 6 heteroatoms. The molecular weight excluding hydrogens is 180 g/mol. The number of nitrogens with one attached hydrogen (secondary N) is 1. The molecule has 0 aliphatic heterocycles. The van der Waals surface area contributed by atoms with E-state index in [0.717, 1.165) is 0 Å². The molecule has 0 aromatic heterocycles. The second kappa shape index (κ2) is 4.87. The molecular formula is C6H12N2O3S. The predicted molar refractivity (Wildman–Crippen MR) is 47.5 cm³/mol. The van der Waals surface area contributed by atoms with E-state index in [2.05, 4.69) is 17.9 Å². The maximum Gasteiger partial charge on any atom is 0.327 e. The first-order chi connectivity index (χ1) is 5.49. The minimum absolute atomic E-state index is 0.0783. The van der Waals surface area contributed by atoms with Crippen molar-refractivity contribution in [3.63, 3.8) is 0 Å². The molecule has 2 N–H and O–H groups in total. The highest BCUT2D eigenvalue weighted by atomic mass is 32.1. The van der Waals surface area contributed by atoms with Gasteiger partial charge in [0.05, 0.1) is 0 Å². The van der Waals surface area contributed by atoms with E-state index >= 15 is 0 Å². The Morgan fingerprint density at radius 1 is 1.58 bits per heavy atom. The summed E-state index contributed by atoms with van der Waals surface area (Å²) in [6.07, 6.45) is 0. The van der Waals surface area contributed by atoms with E-state index < -0.39 is 18.0 Å². The van der Waals surface area contributed by atoms with Gasteiger partial charge in [0, 0.05) is 19.8 Å². The highest BCUT2D eigenvalue weighted by Crippen LogP contribution is 1.89. The molecule has 0 aliphatic carbocycles. The summed E-state index contributed by atoms with van der Waals surface area (Å²) >= 11 is 3.78. The molecule has 1 atom stereocenters. The van der Waals surface area contributed by atoms with Gasteiger partial charge in [-0.3, -0.25) is 0 Å². The van der Waals surface area contributed by atoms with Gasteiger partial charge in [-0.05, 0) is 0 Å². The van der Waals surface area contributed by atoms with E-state index in [1.807, 2.05) is 0 Å². The molecule has 0 radical (unpaired) electrons. The largest absolute Gasteiger partial charge is 0.480 e. The molecule has 0 spiro atoms. The topological polar surface area (TPSA) is 69.6 Å². The Labute approximate surface area is 76.1 Å². The summed E-state index contributed by atoms with van der Waals surface area (Å²) in [5.41, 5.74) is 0. The number of hydrogen-bond acceptors (Lipinski definition) is 3. The molecule has 0 saturated heterocycles. The quantitative estimate of drug-likeness (QED) is 0.535. The molecule has 0 unspecified atom stereocenters. The van der Waals surface area contributed by atoms with E-state index in [0.29, 0.717) is 0 Å². The van der Waals surface area contributed by atoms with Gasteiger partial charge >= 0.3 is 12.0 Å². The van der Waals surface area contributed by atoms with Crippen molar-refractivity contribution < 1.29 is 14.7 Å². The molecule has 12 heavy (non-hydrogen) atoms. The van der Waals surface area contributed by atoms with Crippen LogP contribution in [0, 0.1) is 0 Å². The van der Waals surface area contributed by atoms with Crippen LogP contribution in [0.5, 0.6) is 0 Å². The van der Waals surface area contributed by atoms with Crippen molar-refractivity contribution in [1.29, 1.82) is 0 Å². The van der Waals surface area contributed by atoms with Crippen LogP contribution < -0.4 is 5.32 Å². The summed E-state index contributed by atoms with van der Waals surface area (Å²) < 4.78 is 0. The van der Waals surface area contributed by atoms with Gasteiger partial charge in [-0.2, -0.15) is 12.6 Å². The van der Waals surface area contributed by atoms with Gasteiger partial charge in [-0.15, -0.1) is 0 Å². The van der Waals surface area contributed by atoms with Gasteiger partial charge in [0.2, 0.25) is 0 Å². The summed E-state index contributed by atoms with van der Waals surface area (Å²) in [4.78, 5) is 22.6. The fraction of sp³-hybridized carbons (Fsp3) is 0.667. The van der Waals surface area contributed by atoms with Crippen molar-refractivity contribution in [2.75, 3.05) is 19.8 Å². The Bertz CT molecular complexity index is 184. The van der Waals surface area contributed by atoms with Crippen molar-refractivity contribution in [2.24, 2.45) is 0 Å². The van der Waals surface area contributed by atoms with Crippen LogP contribution in [0.4, 0.5) is 4.79 Å². The summed E-state index contributed by atoms with van der Waals surface area (Å²) in [7, 11) is 3.07. The lowest BCUT2D eigenvalue weighted by Crippen LogP contribution is -2.46. The smallest absolute Gasteiger partial charge is 0.327 e. The number of carboxylic acid groups (broad SMARTS) is 1. The first-order valence-corrected chi connectivity index (χ1v) is 3.93. The molecule has 2 amide bonds. The summed E-state index contributed by atoms with van der Waals surface area (Å²) in [5, 5.41) is 10.8. The average molecular weight is 192 g/mol. The first kappa shape index (κ1) is 11.1. The highest BCUT2D eigenvalue weighted by molar-refractivity contribution is 7.80. The maximum atomic E-state index is 10.9. The van der Waals surface area contributed by atoms with E-state index in [1.54, 1.807) is 0 Å². The van der Waals surface area contributed by atoms with Gasteiger partial charge in [-0.1, -0.05) is 0 Å². The Balaban J connectivity index is 4.03. The SMILES string of the molecule is CN(C)C(=O)N[C@@H](CS)C(=O)O. The normalized spacial score (nSPS) is 11.9. The molecule has 0 bridgehead atoms. The third-order valence-electron chi connectivity index (χ3n) is 1.18. The minimum atomic E-state index is -1.08. The van der Waals surface area contributed by atoms with E-state index in [9.17, 15) is 9.59 Å². The molecule has 5 nitrogen and oxygen atoms in total. The number of urea groups is 1. The summed E-state index contributed by atoms with van der Waals surface area (Å²) in [6.45, 7) is 0. The van der Waals surface area contributed by atoms with Crippen molar-refractivity contribution >= 4 is 24.6 Å². The fourth-order valence-corrected chi connectivity index (χ4v) is 0.711. The van der Waals surface area contributed by atoms with Crippen molar-refractivity contribution in [3.8, 4) is 0 Å². The molecule has 0 rings (SSSR count). The number of rotatable bonds is 3. The molecule has 0 saturated carbocycles. The summed E-state index contributed by atoms with van der Waals surface area (Å²) in [6, 6.07) is -1.36. The summed E-state index contributed by atoms with van der Waals surface area (Å²) in [5.74, 6) is -1.00. The van der Waals surface area contributed by atoms with Crippen LogP contribution in [0.1, 0.15) is 0 Å². The molecule has 0 heterocycles. The Kier molecular flexibility index (Phi) is 4.50. The third-order valence-corrected chi connectivity index (χ3v) is 1.55. The van der Waals surface area contributed by atoms with Crippen molar-refractivity contribution in [2.45, 2.75) is 6.04 Å². The number of carboxylic acids is 1. The van der Waals surface area contributed by atoms with Crippen LogP contribution in [-0.2, 0) is 4.79 Å². The molecule has 0 aromatic carbocycles. The number of thiol groups is 1. The Morgan fingerprint density at radius 3 is 2.33 bits per heavy atom. The fourth-order valence-electron chi connectivity index (χ4n) is 0.464. The second-order valence-corrected chi connectivity index (χ2v) is 2.78. The number of amides is 2. The van der Waals surface area contributed by atoms with Gasteiger partial charge in [-0.25, -0.2) is 9.59 Å². The third kappa shape index (κ3) is 3.47. The standard InChI is InChI=1S/C6H12N2O3S/c1-8(2)6(11)7-4(3-12)5(9)10/h4,12H,3H2,1-2H3,(H,7,11)(H,9,10)/t4-/m0/s1. The van der Waals surface area contributed by atoms with Crippen LogP contribution in [0.3, 0.4) is 0 Å². The molecule has 70 valence electrons. The van der Waals surface area contributed by atoms with E-state index in [1.165, 1.54) is 19.0 Å². The number of nitrogens with zero attached hydrogens (tertiary/aromatic N) is 1. The zero-order chi connectivity index (χ0) is 9.72. The zero-order valence-electron chi connectivity index (χ0n) is 6.94. The van der Waals surface area contributed by atoms with Crippen LogP contribution in [-0.4, -0.2) is 47.9 Å². The predicted octanol–water partition coefficient (Wildman–Crippen LogP) is -0.359. The number of carbonyl (C=O) groups excluding carboxylic acids is 1. The lowest BCUT2D eigenvalue weighted by molar-refractivity contribution is -0.138. The van der Waals surface area contributed by atoms with Crippen molar-refractivity contribution in [1.82, 2.24) is 10.2 Å². The van der Waals surface area contributed by atoms with E-state index in [-0.39, 0.29) is 5.75 Å². The maximum absolute atomic E-state index is 10.9. The van der Waals surface area contributed by atoms with Crippen LogP contribution in [0.2, 0.25) is 0 Å². The van der Waals surface area contributed by atoms with E-state index in [4.69, 9.17) is 5.11 Å².